The van der Waals surface area contributed by atoms with Crippen molar-refractivity contribution >= 4 is 5.91 Å². The molecule has 0 saturated carbocycles. The Kier molecular flexibility index (Phi) is 5.54. The van der Waals surface area contributed by atoms with Gasteiger partial charge in [0.15, 0.2) is 0 Å². The Morgan fingerprint density at radius 3 is 2.96 bits per heavy atom. The smallest absolute Gasteiger partial charge is 0.251 e. The number of rotatable bonds is 7. The second-order valence-electron chi connectivity index (χ2n) is 5.40. The van der Waals surface area contributed by atoms with E-state index in [1.165, 1.54) is 0 Å². The molecule has 0 bridgehead atoms. The lowest BCUT2D eigenvalue weighted by atomic mass is 10.2. The first kappa shape index (κ1) is 16.8. The van der Waals surface area contributed by atoms with Crippen LogP contribution in [0.5, 0.6) is 5.75 Å². The molecule has 1 amide bonds. The maximum atomic E-state index is 12.2. The highest BCUT2D eigenvalue weighted by Crippen LogP contribution is 2.14. The average Bonchev–Trinajstić information content (AvgIpc) is 2.96. The van der Waals surface area contributed by atoms with Gasteiger partial charge < -0.3 is 19.7 Å². The molecule has 1 heterocycles. The summed E-state index contributed by atoms with van der Waals surface area (Å²) in [4.78, 5) is 16.2. The van der Waals surface area contributed by atoms with Gasteiger partial charge in [0.25, 0.3) is 5.91 Å². The van der Waals surface area contributed by atoms with Gasteiger partial charge in [-0.05, 0) is 30.7 Å². The first-order valence-electron chi connectivity index (χ1n) is 7.28. The Bertz CT molecular complexity index is 694. The van der Waals surface area contributed by atoms with Gasteiger partial charge in [0.05, 0.1) is 6.54 Å². The van der Waals surface area contributed by atoms with Gasteiger partial charge in [-0.2, -0.15) is 0 Å². The molecule has 1 aromatic carbocycles. The molecule has 0 saturated heterocycles. The first-order valence-corrected chi connectivity index (χ1v) is 7.28. The molecule has 122 valence electrons. The van der Waals surface area contributed by atoms with E-state index in [0.29, 0.717) is 23.7 Å². The number of nitrogens with one attached hydrogen (secondary N) is 1. The summed E-state index contributed by atoms with van der Waals surface area (Å²) < 4.78 is 7.23. The van der Waals surface area contributed by atoms with E-state index in [-0.39, 0.29) is 12.5 Å². The predicted molar refractivity (Wildman–Crippen MR) is 87.3 cm³/mol. The van der Waals surface area contributed by atoms with E-state index in [2.05, 4.69) is 16.9 Å². The summed E-state index contributed by atoms with van der Waals surface area (Å²) in [6.07, 6.45) is 2.48. The average molecular weight is 315 g/mol. The van der Waals surface area contributed by atoms with Crippen molar-refractivity contribution in [2.75, 3.05) is 13.2 Å². The fraction of sp³-hybridized carbons (Fsp3) is 0.294. The van der Waals surface area contributed by atoms with Crippen LogP contribution in [0.1, 0.15) is 29.2 Å². The number of aromatic nitrogens is 2. The summed E-state index contributed by atoms with van der Waals surface area (Å²) in [5.74, 6) is 0.827. The molecule has 1 atom stereocenters. The van der Waals surface area contributed by atoms with Gasteiger partial charge in [-0.3, -0.25) is 4.79 Å². The largest absolute Gasteiger partial charge is 0.489 e. The van der Waals surface area contributed by atoms with E-state index in [1.807, 2.05) is 6.92 Å². The number of benzene rings is 1. The molecule has 2 N–H and O–H groups in total. The lowest BCUT2D eigenvalue weighted by molar-refractivity contribution is 0.0909. The standard InChI is InChI=1S/C17H21N3O3/c1-12(2)11-23-14-6-4-5-13(9-14)17(22)19-10-15(21)16-18-7-8-20(16)3/h4-9,15,21H,1,10-11H2,2-3H3,(H,19,22)/t15-/m0/s1. The van der Waals surface area contributed by atoms with E-state index < -0.39 is 6.10 Å². The van der Waals surface area contributed by atoms with Gasteiger partial charge >= 0.3 is 0 Å². The van der Waals surface area contributed by atoms with Gasteiger partial charge in [0.1, 0.15) is 24.3 Å². The monoisotopic (exact) mass is 315 g/mol. The molecule has 0 fully saturated rings. The van der Waals surface area contributed by atoms with Crippen LogP contribution in [0, 0.1) is 0 Å². The number of nitrogens with zero attached hydrogens (tertiary/aromatic N) is 2. The Morgan fingerprint density at radius 1 is 1.52 bits per heavy atom. The van der Waals surface area contributed by atoms with Crippen molar-refractivity contribution in [1.29, 1.82) is 0 Å². The molecule has 0 spiro atoms. The Balaban J connectivity index is 1.94. The second-order valence-corrected chi connectivity index (χ2v) is 5.40. The lowest BCUT2D eigenvalue weighted by Crippen LogP contribution is -2.29. The number of aliphatic hydroxyl groups excluding tert-OH is 1. The number of carbonyl (C=O) groups excluding carboxylic acids is 1. The van der Waals surface area contributed by atoms with E-state index in [0.717, 1.165) is 5.57 Å². The van der Waals surface area contributed by atoms with Gasteiger partial charge in [0, 0.05) is 25.0 Å². The van der Waals surface area contributed by atoms with Crippen LogP contribution in [-0.4, -0.2) is 33.7 Å². The van der Waals surface area contributed by atoms with E-state index in [1.54, 1.807) is 48.3 Å². The van der Waals surface area contributed by atoms with Crippen molar-refractivity contribution in [3.05, 3.63) is 60.2 Å². The lowest BCUT2D eigenvalue weighted by Gasteiger charge is -2.12. The molecule has 0 aliphatic rings. The molecule has 23 heavy (non-hydrogen) atoms. The third kappa shape index (κ3) is 4.69. The zero-order valence-electron chi connectivity index (χ0n) is 13.3. The number of amides is 1. The van der Waals surface area contributed by atoms with Crippen molar-refractivity contribution < 1.29 is 14.6 Å². The zero-order valence-corrected chi connectivity index (χ0v) is 13.3. The van der Waals surface area contributed by atoms with E-state index in [4.69, 9.17) is 4.74 Å². The highest BCUT2D eigenvalue weighted by Gasteiger charge is 2.14. The number of imidazole rings is 1. The number of hydrogen-bond donors (Lipinski definition) is 2. The van der Waals surface area contributed by atoms with Crippen LogP contribution in [0.3, 0.4) is 0 Å². The van der Waals surface area contributed by atoms with Crippen molar-refractivity contribution in [3.8, 4) is 5.75 Å². The minimum atomic E-state index is -0.859. The molecule has 6 heteroatoms. The molecular weight excluding hydrogens is 294 g/mol. The minimum Gasteiger partial charge on any atom is -0.489 e. The number of hydrogen-bond acceptors (Lipinski definition) is 4. The van der Waals surface area contributed by atoms with Gasteiger partial charge in [-0.15, -0.1) is 0 Å². The third-order valence-corrected chi connectivity index (χ3v) is 3.19. The Morgan fingerprint density at radius 2 is 2.30 bits per heavy atom. The van der Waals surface area contributed by atoms with E-state index >= 15 is 0 Å². The maximum Gasteiger partial charge on any atom is 0.251 e. The van der Waals surface area contributed by atoms with Crippen LogP contribution in [-0.2, 0) is 7.05 Å². The molecular formula is C17H21N3O3. The molecule has 2 rings (SSSR count). The second kappa shape index (κ2) is 7.60. The first-order chi connectivity index (χ1) is 11.0. The van der Waals surface area contributed by atoms with Crippen molar-refractivity contribution in [3.63, 3.8) is 0 Å². The maximum absolute atomic E-state index is 12.2. The zero-order chi connectivity index (χ0) is 16.8. The highest BCUT2D eigenvalue weighted by molar-refractivity contribution is 5.94. The number of aryl methyl sites for hydroxylation is 1. The molecule has 0 radical (unpaired) electrons. The molecule has 6 nitrogen and oxygen atoms in total. The fourth-order valence-corrected chi connectivity index (χ4v) is 2.01. The Hall–Kier alpha value is -2.60. The van der Waals surface area contributed by atoms with Crippen LogP contribution in [0.15, 0.2) is 48.8 Å². The summed E-state index contributed by atoms with van der Waals surface area (Å²) in [7, 11) is 1.79. The quantitative estimate of drug-likeness (QED) is 0.764. The van der Waals surface area contributed by atoms with Crippen LogP contribution in [0.25, 0.3) is 0 Å². The van der Waals surface area contributed by atoms with Gasteiger partial charge in [-0.1, -0.05) is 12.6 Å². The van der Waals surface area contributed by atoms with Crippen LogP contribution in [0.4, 0.5) is 0 Å². The summed E-state index contributed by atoms with van der Waals surface area (Å²) in [5, 5.41) is 12.7. The number of ether oxygens (including phenoxy) is 1. The minimum absolute atomic E-state index is 0.0839. The fourth-order valence-electron chi connectivity index (χ4n) is 2.01. The molecule has 0 aliphatic carbocycles. The predicted octanol–water partition coefficient (Wildman–Crippen LogP) is 1.84. The van der Waals surface area contributed by atoms with Crippen LogP contribution >= 0.6 is 0 Å². The number of aliphatic hydroxyl groups is 1. The number of carbonyl (C=O) groups is 1. The van der Waals surface area contributed by atoms with Crippen molar-refractivity contribution in [2.45, 2.75) is 13.0 Å². The summed E-state index contributed by atoms with van der Waals surface area (Å²) in [6, 6.07) is 6.88. The topological polar surface area (TPSA) is 76.4 Å². The third-order valence-electron chi connectivity index (χ3n) is 3.19. The van der Waals surface area contributed by atoms with E-state index in [9.17, 15) is 9.90 Å². The Labute approximate surface area is 135 Å². The van der Waals surface area contributed by atoms with Crippen molar-refractivity contribution in [2.24, 2.45) is 7.05 Å². The van der Waals surface area contributed by atoms with Gasteiger partial charge in [0.2, 0.25) is 0 Å². The summed E-state index contributed by atoms with van der Waals surface area (Å²) in [5.41, 5.74) is 1.37. The van der Waals surface area contributed by atoms with Gasteiger partial charge in [-0.25, -0.2) is 4.98 Å². The van der Waals surface area contributed by atoms with Crippen LogP contribution < -0.4 is 10.1 Å². The molecule has 0 aliphatic heterocycles. The molecule has 2 aromatic rings. The normalized spacial score (nSPS) is 11.8. The summed E-state index contributed by atoms with van der Waals surface area (Å²) >= 11 is 0. The highest BCUT2D eigenvalue weighted by atomic mass is 16.5. The van der Waals surface area contributed by atoms with Crippen molar-refractivity contribution in [1.82, 2.24) is 14.9 Å². The van der Waals surface area contributed by atoms with Crippen LogP contribution in [0.2, 0.25) is 0 Å². The molecule has 1 aromatic heterocycles. The SMILES string of the molecule is C=C(C)COc1cccc(C(=O)NC[C@H](O)c2nccn2C)c1. The molecule has 0 unspecified atom stereocenters. The summed E-state index contributed by atoms with van der Waals surface area (Å²) in [6.45, 7) is 6.13.